The van der Waals surface area contributed by atoms with E-state index in [9.17, 15) is 9.59 Å². The predicted octanol–water partition coefficient (Wildman–Crippen LogP) is 9.65. The number of carbonyl (C=O) groups excluding carboxylic acids is 2. The summed E-state index contributed by atoms with van der Waals surface area (Å²) in [5.41, 5.74) is 16.4. The van der Waals surface area contributed by atoms with Crippen molar-refractivity contribution in [3.63, 3.8) is 0 Å². The standard InChI is InChI=1S/2C22H30N4O2Si/c2*1-15(14-28-29(5,6)22(2,3)4)26-13-18(17-12-24-9-8-20(17)26)21(27)19-11-16(23)7-10-25-19/h2*7-13,15H,14H2,1-6H3,(H2,23,25). The number of fused-ring (bicyclic) bond motifs is 2. The van der Waals surface area contributed by atoms with Crippen LogP contribution in [0.25, 0.3) is 21.8 Å². The van der Waals surface area contributed by atoms with Crippen LogP contribution in [0.2, 0.25) is 36.3 Å². The van der Waals surface area contributed by atoms with E-state index in [1.165, 1.54) is 0 Å². The highest BCUT2D eigenvalue weighted by molar-refractivity contribution is 6.74. The first-order valence-corrected chi connectivity index (χ1v) is 25.5. The van der Waals surface area contributed by atoms with E-state index >= 15 is 0 Å². The van der Waals surface area contributed by atoms with Crippen molar-refractivity contribution in [2.45, 2.75) is 104 Å². The van der Waals surface area contributed by atoms with Crippen LogP contribution in [0.5, 0.6) is 0 Å². The van der Waals surface area contributed by atoms with Gasteiger partial charge >= 0.3 is 0 Å². The van der Waals surface area contributed by atoms with Gasteiger partial charge in [0.25, 0.3) is 0 Å². The van der Waals surface area contributed by atoms with E-state index in [4.69, 9.17) is 20.3 Å². The minimum Gasteiger partial charge on any atom is -0.415 e. The Balaban J connectivity index is 0.000000221. The summed E-state index contributed by atoms with van der Waals surface area (Å²) in [6.45, 7) is 27.8. The molecule has 0 fully saturated rings. The van der Waals surface area contributed by atoms with E-state index in [0.717, 1.165) is 21.8 Å². The molecule has 0 aliphatic heterocycles. The maximum Gasteiger partial charge on any atom is 0.213 e. The lowest BCUT2D eigenvalue weighted by Gasteiger charge is -2.37. The van der Waals surface area contributed by atoms with Gasteiger partial charge in [-0.2, -0.15) is 0 Å². The number of pyridine rings is 4. The molecule has 0 amide bonds. The van der Waals surface area contributed by atoms with Crippen molar-refractivity contribution in [2.75, 3.05) is 24.7 Å². The first-order valence-electron chi connectivity index (χ1n) is 19.7. The normalized spacial score (nSPS) is 13.6. The average molecular weight is 821 g/mol. The van der Waals surface area contributed by atoms with Crippen LogP contribution in [-0.2, 0) is 8.85 Å². The van der Waals surface area contributed by atoms with Gasteiger partial charge < -0.3 is 29.5 Å². The Hall–Kier alpha value is -5.03. The number of nitrogen functional groups attached to an aromatic ring is 2. The minimum absolute atomic E-state index is 0.0735. The van der Waals surface area contributed by atoms with E-state index in [2.05, 4.69) is 111 Å². The number of hydrogen-bond donors (Lipinski definition) is 2. The van der Waals surface area contributed by atoms with Gasteiger partial charge in [0.15, 0.2) is 16.6 Å². The Kier molecular flexibility index (Phi) is 13.0. The van der Waals surface area contributed by atoms with E-state index in [1.807, 2.05) is 24.5 Å². The minimum atomic E-state index is -1.86. The molecule has 0 bridgehead atoms. The molecule has 6 aromatic heterocycles. The summed E-state index contributed by atoms with van der Waals surface area (Å²) in [5.74, 6) is -0.321. The number of hydrogen-bond acceptors (Lipinski definition) is 10. The smallest absolute Gasteiger partial charge is 0.213 e. The van der Waals surface area contributed by atoms with Crippen molar-refractivity contribution >= 4 is 61.4 Å². The van der Waals surface area contributed by atoms with Crippen LogP contribution in [0.15, 0.2) is 86.0 Å². The Morgan fingerprint density at radius 3 is 1.33 bits per heavy atom. The zero-order valence-corrected chi connectivity index (χ0v) is 38.1. The first kappa shape index (κ1) is 44.1. The Bertz CT molecular complexity index is 2240. The summed E-state index contributed by atoms with van der Waals surface area (Å²) in [6, 6.07) is 10.6. The van der Waals surface area contributed by atoms with E-state index in [0.29, 0.717) is 47.1 Å². The van der Waals surface area contributed by atoms with Crippen LogP contribution in [0.3, 0.4) is 0 Å². The molecule has 0 aliphatic carbocycles. The number of rotatable bonds is 12. The molecule has 14 heteroatoms. The van der Waals surface area contributed by atoms with Gasteiger partial charge in [0, 0.05) is 71.7 Å². The second-order valence-electron chi connectivity index (χ2n) is 18.1. The maximum atomic E-state index is 13.1. The van der Waals surface area contributed by atoms with Crippen molar-refractivity contribution in [3.05, 3.63) is 108 Å². The highest BCUT2D eigenvalue weighted by atomic mass is 28.4. The number of anilines is 2. The van der Waals surface area contributed by atoms with Crippen molar-refractivity contribution in [1.29, 1.82) is 0 Å². The maximum absolute atomic E-state index is 13.1. The molecule has 0 aliphatic rings. The first-order chi connectivity index (χ1) is 27.0. The van der Waals surface area contributed by atoms with Crippen molar-refractivity contribution in [2.24, 2.45) is 0 Å². The third-order valence-electron chi connectivity index (χ3n) is 11.7. The van der Waals surface area contributed by atoms with Gasteiger partial charge in [-0.25, -0.2) is 0 Å². The molecular weight excluding hydrogens is 761 g/mol. The van der Waals surface area contributed by atoms with Crippen molar-refractivity contribution < 1.29 is 18.4 Å². The predicted molar refractivity (Wildman–Crippen MR) is 239 cm³/mol. The zero-order chi connectivity index (χ0) is 42.8. The van der Waals surface area contributed by atoms with Crippen LogP contribution in [-0.4, -0.2) is 70.5 Å². The van der Waals surface area contributed by atoms with Crippen LogP contribution in [0.1, 0.15) is 99.6 Å². The fraction of sp³-hybridized carbons (Fsp3) is 0.409. The Labute approximate surface area is 344 Å². The average Bonchev–Trinajstić information content (AvgIpc) is 3.75. The zero-order valence-electron chi connectivity index (χ0n) is 36.1. The second kappa shape index (κ2) is 17.1. The molecule has 0 saturated heterocycles. The summed E-state index contributed by atoms with van der Waals surface area (Å²) in [4.78, 5) is 43.1. The molecule has 58 heavy (non-hydrogen) atoms. The lowest BCUT2D eigenvalue weighted by atomic mass is 10.1. The van der Waals surface area contributed by atoms with Crippen LogP contribution in [0.4, 0.5) is 11.4 Å². The summed E-state index contributed by atoms with van der Waals surface area (Å²) in [7, 11) is -3.72. The monoisotopic (exact) mass is 820 g/mol. The summed E-state index contributed by atoms with van der Waals surface area (Å²) >= 11 is 0. The third kappa shape index (κ3) is 9.63. The van der Waals surface area contributed by atoms with Gasteiger partial charge in [-0.1, -0.05) is 41.5 Å². The SMILES string of the molecule is CC(CO[Si](C)(C)C(C)(C)C)n1cc(C(=O)c2cc(N)ccn2)c2cnccc21.CC(CO[Si](C)(C)C(C)(C)C)n1cc(C(=O)c2cc(N)ccn2)c2cnccc21. The molecule has 2 unspecified atom stereocenters. The van der Waals surface area contributed by atoms with E-state index in [1.54, 1.807) is 61.4 Å². The highest BCUT2D eigenvalue weighted by Crippen LogP contribution is 2.38. The molecule has 0 aromatic carbocycles. The van der Waals surface area contributed by atoms with Crippen molar-refractivity contribution in [3.8, 4) is 0 Å². The quantitative estimate of drug-likeness (QED) is 0.0897. The fourth-order valence-electron chi connectivity index (χ4n) is 5.96. The molecule has 12 nitrogen and oxygen atoms in total. The number of ketones is 2. The van der Waals surface area contributed by atoms with Crippen LogP contribution in [0, 0.1) is 0 Å². The third-order valence-corrected chi connectivity index (χ3v) is 20.7. The molecule has 2 atom stereocenters. The van der Waals surface area contributed by atoms with Gasteiger partial charge in [-0.3, -0.25) is 29.5 Å². The number of carbonyl (C=O) groups is 2. The van der Waals surface area contributed by atoms with Crippen molar-refractivity contribution in [1.82, 2.24) is 29.1 Å². The van der Waals surface area contributed by atoms with E-state index in [-0.39, 0.29) is 33.7 Å². The Morgan fingerprint density at radius 2 is 1.00 bits per heavy atom. The molecule has 6 heterocycles. The lowest BCUT2D eigenvalue weighted by molar-refractivity contribution is 0.102. The number of nitrogens with zero attached hydrogens (tertiary/aromatic N) is 6. The van der Waals surface area contributed by atoms with E-state index < -0.39 is 16.6 Å². The summed E-state index contributed by atoms with van der Waals surface area (Å²) in [6.07, 6.45) is 13.8. The molecule has 4 N–H and O–H groups in total. The van der Waals surface area contributed by atoms with Gasteiger partial charge in [-0.15, -0.1) is 0 Å². The van der Waals surface area contributed by atoms with Gasteiger partial charge in [-0.05, 0) is 86.5 Å². The largest absolute Gasteiger partial charge is 0.415 e. The van der Waals surface area contributed by atoms with Crippen LogP contribution < -0.4 is 11.5 Å². The molecule has 6 aromatic rings. The molecular formula is C44H60N8O4Si2. The fourth-order valence-corrected chi connectivity index (χ4v) is 8.14. The summed E-state index contributed by atoms with van der Waals surface area (Å²) < 4.78 is 17.0. The molecule has 0 saturated carbocycles. The summed E-state index contributed by atoms with van der Waals surface area (Å²) in [5, 5.41) is 1.91. The van der Waals surface area contributed by atoms with Gasteiger partial charge in [0.05, 0.1) is 47.5 Å². The van der Waals surface area contributed by atoms with Gasteiger partial charge in [0.1, 0.15) is 11.4 Å². The second-order valence-corrected chi connectivity index (χ2v) is 27.8. The molecule has 6 rings (SSSR count). The molecule has 0 spiro atoms. The topological polar surface area (TPSA) is 166 Å². The van der Waals surface area contributed by atoms with Gasteiger partial charge in [0.2, 0.25) is 11.6 Å². The number of nitrogens with two attached hydrogens (primary N) is 2. The molecule has 308 valence electrons. The van der Waals surface area contributed by atoms with Crippen LogP contribution >= 0.6 is 0 Å². The highest BCUT2D eigenvalue weighted by Gasteiger charge is 2.38. The number of aromatic nitrogens is 6. The lowest BCUT2D eigenvalue weighted by Crippen LogP contribution is -2.41. The molecule has 0 radical (unpaired) electrons. The Morgan fingerprint density at radius 1 is 0.638 bits per heavy atom.